The number of halogens is 7. The number of rotatable bonds is 6. The third-order valence-electron chi connectivity index (χ3n) is 3.32. The normalized spacial score (nSPS) is 13.5. The van der Waals surface area contributed by atoms with Gasteiger partial charge in [0.15, 0.2) is 13.7 Å². The molecule has 0 amide bonds. The van der Waals surface area contributed by atoms with Crippen molar-refractivity contribution in [1.82, 2.24) is 0 Å². The van der Waals surface area contributed by atoms with E-state index in [9.17, 15) is 30.0 Å². The molecule has 176 valence electrons. The fourth-order valence-corrected chi connectivity index (χ4v) is 4.96. The Hall–Kier alpha value is -1.55. The minimum absolute atomic E-state index is 0.0528. The van der Waals surface area contributed by atoms with E-state index < -0.39 is 7.81 Å². The van der Waals surface area contributed by atoms with Gasteiger partial charge >= 0.3 is 60.2 Å². The summed E-state index contributed by atoms with van der Waals surface area (Å²) in [7, 11) is -10.7. The second-order valence-electron chi connectivity index (χ2n) is 7.05. The Kier molecular flexibility index (Phi) is 8.44. The number of carbonyl (C=O) groups excluding carboxylic acids is 1. The van der Waals surface area contributed by atoms with E-state index in [1.165, 1.54) is 23.8 Å². The van der Waals surface area contributed by atoms with E-state index in [-0.39, 0.29) is 39.9 Å². The van der Waals surface area contributed by atoms with Gasteiger partial charge in [-0.1, -0.05) is 17.7 Å². The second kappa shape index (κ2) is 9.52. The predicted octanol–water partition coefficient (Wildman–Crippen LogP) is 4.45. The van der Waals surface area contributed by atoms with Crippen LogP contribution in [0.2, 0.25) is 0 Å². The summed E-state index contributed by atoms with van der Waals surface area (Å²) in [5, 5.41) is 0. The van der Waals surface area contributed by atoms with Crippen molar-refractivity contribution in [3.8, 4) is 5.75 Å². The van der Waals surface area contributed by atoms with Crippen LogP contribution in [0, 0.1) is 27.9 Å². The molecule has 0 bridgehead atoms. The number of ether oxygens (including phenoxy) is 2. The molecule has 0 spiro atoms. The molecular formula is C20H24F6IO3P. The first kappa shape index (κ1) is 27.5. The Morgan fingerprint density at radius 1 is 0.935 bits per heavy atom. The molecule has 2 aromatic rings. The monoisotopic (exact) mass is 584 g/mol. The van der Waals surface area contributed by atoms with Gasteiger partial charge in [-0.2, -0.15) is 0 Å². The number of aryl methyl sites for hydroxylation is 3. The van der Waals surface area contributed by atoms with Gasteiger partial charge in [0.2, 0.25) is 0 Å². The van der Waals surface area contributed by atoms with E-state index in [4.69, 9.17) is 9.47 Å². The van der Waals surface area contributed by atoms with E-state index in [1.54, 1.807) is 0 Å². The zero-order valence-corrected chi connectivity index (χ0v) is 20.6. The molecule has 0 aromatic heterocycles. The summed E-state index contributed by atoms with van der Waals surface area (Å²) in [6.45, 7) is 10.1. The van der Waals surface area contributed by atoms with Crippen molar-refractivity contribution in [2.75, 3.05) is 6.61 Å². The summed E-state index contributed by atoms with van der Waals surface area (Å²) in [6, 6.07) is 12.5. The first-order valence-corrected chi connectivity index (χ1v) is 13.2. The number of esters is 1. The van der Waals surface area contributed by atoms with Crippen molar-refractivity contribution in [3.63, 3.8) is 0 Å². The van der Waals surface area contributed by atoms with Crippen LogP contribution in [0.25, 0.3) is 0 Å². The summed E-state index contributed by atoms with van der Waals surface area (Å²) >= 11 is -0.222. The van der Waals surface area contributed by atoms with Gasteiger partial charge < -0.3 is 9.47 Å². The average molecular weight is 584 g/mol. The first-order chi connectivity index (χ1) is 13.8. The molecular weight excluding hydrogens is 560 g/mol. The van der Waals surface area contributed by atoms with Crippen LogP contribution in [0.1, 0.15) is 30.5 Å². The van der Waals surface area contributed by atoms with Crippen LogP contribution in [0.15, 0.2) is 36.4 Å². The van der Waals surface area contributed by atoms with Crippen LogP contribution in [0.5, 0.6) is 5.75 Å². The molecule has 0 aliphatic rings. The summed E-state index contributed by atoms with van der Waals surface area (Å²) < 4.78 is 72.5. The maximum absolute atomic E-state index is 11.5. The zero-order valence-electron chi connectivity index (χ0n) is 17.6. The number of benzene rings is 2. The van der Waals surface area contributed by atoms with Crippen LogP contribution >= 0.6 is 7.81 Å². The number of hydrogen-bond donors (Lipinski definition) is 0. The predicted molar refractivity (Wildman–Crippen MR) is 105 cm³/mol. The van der Waals surface area contributed by atoms with Gasteiger partial charge in [0.1, 0.15) is 5.75 Å². The molecule has 2 aromatic carbocycles. The first-order valence-electron chi connectivity index (χ1n) is 9.01. The summed E-state index contributed by atoms with van der Waals surface area (Å²) in [6.07, 6.45) is -0.116. The van der Waals surface area contributed by atoms with Gasteiger partial charge in [0.05, 0.1) is 6.10 Å². The molecule has 0 radical (unpaired) electrons. The maximum atomic E-state index is 11.5. The zero-order chi connectivity index (χ0) is 24.1. The Labute approximate surface area is 187 Å². The van der Waals surface area contributed by atoms with Crippen molar-refractivity contribution in [1.29, 1.82) is 0 Å². The standard InChI is InChI=1S/C20H24IO3.F6P/c1-13(2)24-19(22)12-23-18-8-6-17(7-9-18)21-20-15(4)10-14(3)11-16(20)5;1-7(2,3,4,5)6/h6-11,13H,12H2,1-5H3;/q+1;-1. The molecule has 0 fully saturated rings. The molecule has 0 saturated heterocycles. The molecule has 11 heteroatoms. The Bertz CT molecular complexity index is 879. The second-order valence-corrected chi connectivity index (χ2v) is 11.8. The van der Waals surface area contributed by atoms with Crippen LogP contribution in [-0.4, -0.2) is 18.7 Å². The van der Waals surface area contributed by atoms with Crippen molar-refractivity contribution in [2.45, 2.75) is 40.7 Å². The third kappa shape index (κ3) is 14.2. The van der Waals surface area contributed by atoms with E-state index in [1.807, 2.05) is 26.0 Å². The Balaban J connectivity index is 0.000000592. The Morgan fingerprint density at radius 2 is 1.39 bits per heavy atom. The van der Waals surface area contributed by atoms with E-state index in [0.717, 1.165) is 0 Å². The molecule has 0 aliphatic heterocycles. The van der Waals surface area contributed by atoms with Gasteiger partial charge in [-0.05, 0) is 58.9 Å². The topological polar surface area (TPSA) is 35.5 Å². The summed E-state index contributed by atoms with van der Waals surface area (Å²) in [5.74, 6) is 0.355. The molecule has 0 unspecified atom stereocenters. The fraction of sp³-hybridized carbons (Fsp3) is 0.350. The molecule has 0 atom stereocenters. The van der Waals surface area contributed by atoms with Crippen LogP contribution in [0.3, 0.4) is 0 Å². The van der Waals surface area contributed by atoms with Crippen molar-refractivity contribution >= 4 is 13.8 Å². The minimum atomic E-state index is -10.7. The van der Waals surface area contributed by atoms with Crippen molar-refractivity contribution in [2.24, 2.45) is 0 Å². The molecule has 31 heavy (non-hydrogen) atoms. The van der Waals surface area contributed by atoms with Gasteiger partial charge in [0.25, 0.3) is 0 Å². The van der Waals surface area contributed by atoms with E-state index >= 15 is 0 Å². The Morgan fingerprint density at radius 3 is 1.81 bits per heavy atom. The number of hydrogen-bond acceptors (Lipinski definition) is 3. The fourth-order valence-electron chi connectivity index (χ4n) is 2.45. The molecule has 0 N–H and O–H groups in total. The van der Waals surface area contributed by atoms with Gasteiger partial charge in [-0.25, -0.2) is 4.79 Å². The van der Waals surface area contributed by atoms with Gasteiger partial charge in [0, 0.05) is 11.1 Å². The quantitative estimate of drug-likeness (QED) is 0.218. The molecule has 0 saturated carbocycles. The molecule has 0 heterocycles. The third-order valence-corrected chi connectivity index (χ3v) is 6.90. The van der Waals surface area contributed by atoms with E-state index in [0.29, 0.717) is 5.75 Å². The van der Waals surface area contributed by atoms with E-state index in [2.05, 4.69) is 45.0 Å². The molecule has 2 rings (SSSR count). The van der Waals surface area contributed by atoms with Crippen molar-refractivity contribution < 1.29 is 60.7 Å². The summed E-state index contributed by atoms with van der Waals surface area (Å²) in [4.78, 5) is 11.5. The summed E-state index contributed by atoms with van der Waals surface area (Å²) in [5.41, 5.74) is 4.06. The SMILES string of the molecule is Cc1cc(C)c([I+]c2ccc(OCC(=O)OC(C)C)cc2)c(C)c1.F[P-](F)(F)(F)(F)F. The number of carbonyl (C=O) groups is 1. The van der Waals surface area contributed by atoms with Crippen LogP contribution < -0.4 is 25.9 Å². The van der Waals surface area contributed by atoms with Crippen LogP contribution in [0.4, 0.5) is 25.2 Å². The van der Waals surface area contributed by atoms with Crippen molar-refractivity contribution in [3.05, 3.63) is 60.2 Å². The van der Waals surface area contributed by atoms with Crippen LogP contribution in [-0.2, 0) is 9.53 Å². The van der Waals surface area contributed by atoms with Gasteiger partial charge in [-0.3, -0.25) is 0 Å². The average Bonchev–Trinajstić information content (AvgIpc) is 2.54. The van der Waals surface area contributed by atoms with Gasteiger partial charge in [-0.15, -0.1) is 0 Å². The molecule has 3 nitrogen and oxygen atoms in total. The molecule has 0 aliphatic carbocycles.